The van der Waals surface area contributed by atoms with E-state index in [9.17, 15) is 4.79 Å². The van der Waals surface area contributed by atoms with Crippen molar-refractivity contribution in [2.45, 2.75) is 80.3 Å². The number of unbranched alkanes of at least 4 members (excludes halogenated alkanes) is 1. The molecule has 1 saturated carbocycles. The maximum atomic E-state index is 14.1. The number of anilines is 1. The Hall–Kier alpha value is -4.45. The van der Waals surface area contributed by atoms with Crippen molar-refractivity contribution >= 4 is 28.8 Å². The van der Waals surface area contributed by atoms with Gasteiger partial charge in [-0.25, -0.2) is 24.3 Å². The standard InChI is InChI=1S/C37H46N6O3/c1-10-12-17-42(11-2)27-14-15-29(24(5)21-27)39-36-32(38-8)31(37(44)46-33-25(6)18-23(4)19-26(33)7)35-40-34(41-43(35)36)28-20-22(3)13-16-30(28)45-9/h13-16,20-21,23,25-26,33H,10-12,17-19H2,1-7,9H3/b39-36+. The van der Waals surface area contributed by atoms with Crippen LogP contribution in [0.5, 0.6) is 5.75 Å². The molecule has 2 aromatic carbocycles. The molecule has 2 heterocycles. The first-order chi connectivity index (χ1) is 22.1. The molecule has 3 aromatic rings. The van der Waals surface area contributed by atoms with Crippen LogP contribution in [0.15, 0.2) is 47.1 Å². The number of hydrogen-bond acceptors (Lipinski definition) is 7. The van der Waals surface area contributed by atoms with Gasteiger partial charge in [-0.15, -0.1) is 5.10 Å². The number of esters is 1. The number of allylic oxidation sites excluding steroid dienone is 1. The molecular weight excluding hydrogens is 576 g/mol. The fraction of sp³-hybridized carbons (Fsp3) is 0.486. The fourth-order valence-corrected chi connectivity index (χ4v) is 6.95. The minimum Gasteiger partial charge on any atom is -0.496 e. The number of fused-ring (bicyclic) bond motifs is 1. The molecule has 0 amide bonds. The molecule has 1 aliphatic carbocycles. The topological polar surface area (TPSA) is 86.2 Å². The van der Waals surface area contributed by atoms with Crippen molar-refractivity contribution in [2.75, 3.05) is 25.1 Å². The highest BCUT2D eigenvalue weighted by atomic mass is 16.5. The number of aryl methyl sites for hydroxylation is 2. The first-order valence-electron chi connectivity index (χ1n) is 16.5. The van der Waals surface area contributed by atoms with E-state index >= 15 is 0 Å². The zero-order valence-electron chi connectivity index (χ0n) is 28.4. The molecule has 9 heteroatoms. The Kier molecular flexibility index (Phi) is 9.95. The number of aromatic nitrogens is 3. The minimum absolute atomic E-state index is 0.0915. The van der Waals surface area contributed by atoms with Gasteiger partial charge < -0.3 is 14.4 Å². The summed E-state index contributed by atoms with van der Waals surface area (Å²) in [4.78, 5) is 30.0. The highest BCUT2D eigenvalue weighted by molar-refractivity contribution is 6.29. The number of aliphatic imine (C=N–C) groups is 1. The van der Waals surface area contributed by atoms with Gasteiger partial charge in [0, 0.05) is 18.8 Å². The molecule has 2 atom stereocenters. The molecule has 1 fully saturated rings. The van der Waals surface area contributed by atoms with Gasteiger partial charge in [-0.05, 0) is 93.7 Å². The summed E-state index contributed by atoms with van der Waals surface area (Å²) in [5, 5.41) is 4.82. The first kappa shape index (κ1) is 32.9. The molecular formula is C37H46N6O3. The summed E-state index contributed by atoms with van der Waals surface area (Å²) in [6.45, 7) is 25.0. The molecule has 46 heavy (non-hydrogen) atoms. The summed E-state index contributed by atoms with van der Waals surface area (Å²) in [5.41, 5.74) is 4.69. The number of methoxy groups -OCH3 is 1. The van der Waals surface area contributed by atoms with Gasteiger partial charge in [-0.1, -0.05) is 45.7 Å². The Morgan fingerprint density at radius 1 is 1.11 bits per heavy atom. The molecule has 242 valence electrons. The number of hydrogen-bond donors (Lipinski definition) is 0. The van der Waals surface area contributed by atoms with Crippen LogP contribution >= 0.6 is 0 Å². The molecule has 0 spiro atoms. The normalized spacial score (nSPS) is 21.7. The van der Waals surface area contributed by atoms with Crippen molar-refractivity contribution in [3.05, 3.63) is 70.5 Å². The molecule has 2 unspecified atom stereocenters. The quantitative estimate of drug-likeness (QED) is 0.168. The van der Waals surface area contributed by atoms with Crippen LogP contribution in [0.2, 0.25) is 0 Å². The van der Waals surface area contributed by atoms with Gasteiger partial charge in [0.25, 0.3) is 0 Å². The number of ether oxygens (including phenoxy) is 2. The fourth-order valence-electron chi connectivity index (χ4n) is 6.95. The van der Waals surface area contributed by atoms with Crippen LogP contribution in [0.1, 0.15) is 77.3 Å². The minimum atomic E-state index is -0.563. The largest absolute Gasteiger partial charge is 0.496 e. The highest BCUT2D eigenvalue weighted by Crippen LogP contribution is 2.39. The van der Waals surface area contributed by atoms with Crippen molar-refractivity contribution < 1.29 is 14.3 Å². The lowest BCUT2D eigenvalue weighted by atomic mass is 9.75. The van der Waals surface area contributed by atoms with Gasteiger partial charge in [0.05, 0.1) is 24.9 Å². The molecule has 1 aromatic heterocycles. The van der Waals surface area contributed by atoms with E-state index in [0.717, 1.165) is 55.6 Å². The van der Waals surface area contributed by atoms with Crippen molar-refractivity contribution in [2.24, 2.45) is 22.7 Å². The monoisotopic (exact) mass is 622 g/mol. The SMILES string of the molecule is [C-]#[N+]C1=C(C(=O)OC2C(C)CC(C)CC2C)c2nc(-c3cc(C)ccc3OC)nn2/C1=N/c1ccc(N(CC)CCCC)cc1C. The maximum Gasteiger partial charge on any atom is 0.331 e. The molecule has 9 nitrogen and oxygen atoms in total. The van der Waals surface area contributed by atoms with Crippen LogP contribution in [0.4, 0.5) is 11.4 Å². The van der Waals surface area contributed by atoms with E-state index in [2.05, 4.69) is 56.5 Å². The van der Waals surface area contributed by atoms with E-state index in [-0.39, 0.29) is 40.9 Å². The molecule has 0 saturated heterocycles. The van der Waals surface area contributed by atoms with Gasteiger partial charge in [-0.3, -0.25) is 0 Å². The lowest BCUT2D eigenvalue weighted by Crippen LogP contribution is -2.37. The molecule has 0 N–H and O–H groups in total. The van der Waals surface area contributed by atoms with Crippen LogP contribution in [0, 0.1) is 38.2 Å². The molecule has 2 aliphatic rings. The summed E-state index contributed by atoms with van der Waals surface area (Å²) in [6, 6.07) is 11.9. The summed E-state index contributed by atoms with van der Waals surface area (Å²) in [6.07, 6.45) is 3.98. The van der Waals surface area contributed by atoms with E-state index < -0.39 is 5.97 Å². The second-order valence-electron chi connectivity index (χ2n) is 13.0. The van der Waals surface area contributed by atoms with E-state index in [1.807, 2.05) is 38.1 Å². The van der Waals surface area contributed by atoms with Crippen molar-refractivity contribution in [1.82, 2.24) is 14.8 Å². The van der Waals surface area contributed by atoms with E-state index in [0.29, 0.717) is 28.7 Å². The van der Waals surface area contributed by atoms with Gasteiger partial charge in [-0.2, -0.15) is 0 Å². The lowest BCUT2D eigenvalue weighted by Gasteiger charge is -2.37. The third-order valence-corrected chi connectivity index (χ3v) is 9.24. The Morgan fingerprint density at radius 2 is 1.85 bits per heavy atom. The van der Waals surface area contributed by atoms with E-state index in [4.69, 9.17) is 31.1 Å². The summed E-state index contributed by atoms with van der Waals surface area (Å²) < 4.78 is 13.4. The molecule has 0 bridgehead atoms. The second-order valence-corrected chi connectivity index (χ2v) is 13.0. The number of carbonyl (C=O) groups excluding carboxylic acids is 1. The highest BCUT2D eigenvalue weighted by Gasteiger charge is 2.41. The van der Waals surface area contributed by atoms with E-state index in [1.54, 1.807) is 7.11 Å². The number of rotatable bonds is 10. The predicted molar refractivity (Wildman–Crippen MR) is 183 cm³/mol. The second kappa shape index (κ2) is 13.9. The van der Waals surface area contributed by atoms with Gasteiger partial charge >= 0.3 is 5.97 Å². The van der Waals surface area contributed by atoms with Crippen LogP contribution < -0.4 is 9.64 Å². The Balaban J connectivity index is 1.62. The maximum absolute atomic E-state index is 14.1. The van der Waals surface area contributed by atoms with Crippen LogP contribution in [0.25, 0.3) is 21.8 Å². The average Bonchev–Trinajstić information content (AvgIpc) is 3.57. The smallest absolute Gasteiger partial charge is 0.331 e. The Morgan fingerprint density at radius 3 is 2.48 bits per heavy atom. The number of nitrogens with zero attached hydrogens (tertiary/aromatic N) is 6. The average molecular weight is 623 g/mol. The van der Waals surface area contributed by atoms with Gasteiger partial charge in [0.2, 0.25) is 5.70 Å². The number of benzene rings is 2. The first-order valence-corrected chi connectivity index (χ1v) is 16.5. The van der Waals surface area contributed by atoms with Crippen LogP contribution in [0.3, 0.4) is 0 Å². The van der Waals surface area contributed by atoms with Crippen molar-refractivity contribution in [3.63, 3.8) is 0 Å². The van der Waals surface area contributed by atoms with E-state index in [1.165, 1.54) is 4.68 Å². The zero-order valence-corrected chi connectivity index (χ0v) is 28.4. The predicted octanol–water partition coefficient (Wildman–Crippen LogP) is 8.03. The number of carbonyl (C=O) groups is 1. The molecule has 0 radical (unpaired) electrons. The summed E-state index contributed by atoms with van der Waals surface area (Å²) in [5.74, 6) is 1.93. The van der Waals surface area contributed by atoms with Crippen LogP contribution in [-0.4, -0.2) is 52.9 Å². The third-order valence-electron chi connectivity index (χ3n) is 9.24. The van der Waals surface area contributed by atoms with Gasteiger partial charge in [0.1, 0.15) is 17.4 Å². The summed E-state index contributed by atoms with van der Waals surface area (Å²) in [7, 11) is 1.60. The summed E-state index contributed by atoms with van der Waals surface area (Å²) >= 11 is 0. The third kappa shape index (κ3) is 6.44. The Bertz CT molecular complexity index is 1700. The van der Waals surface area contributed by atoms with Crippen molar-refractivity contribution in [1.29, 1.82) is 0 Å². The Labute approximate surface area is 273 Å². The van der Waals surface area contributed by atoms with Crippen molar-refractivity contribution in [3.8, 4) is 17.1 Å². The molecule has 1 aliphatic heterocycles. The lowest BCUT2D eigenvalue weighted by molar-refractivity contribution is -0.150. The molecule has 5 rings (SSSR count). The van der Waals surface area contributed by atoms with Gasteiger partial charge in [0.15, 0.2) is 17.5 Å². The zero-order chi connectivity index (χ0) is 33.1. The van der Waals surface area contributed by atoms with Crippen LogP contribution in [-0.2, 0) is 9.53 Å².